The molecule has 1 aromatic rings. The number of hydrogen-bond acceptors (Lipinski definition) is 3. The van der Waals surface area contributed by atoms with Gasteiger partial charge in [0, 0.05) is 18.8 Å². The van der Waals surface area contributed by atoms with E-state index >= 15 is 0 Å². The number of carbonyl (C=O) groups excluding carboxylic acids is 1. The van der Waals surface area contributed by atoms with E-state index in [2.05, 4.69) is 5.32 Å². The lowest BCUT2D eigenvalue weighted by Crippen LogP contribution is -2.58. The van der Waals surface area contributed by atoms with Crippen molar-refractivity contribution in [2.24, 2.45) is 11.3 Å². The van der Waals surface area contributed by atoms with E-state index in [0.29, 0.717) is 31.0 Å². The Morgan fingerprint density at radius 1 is 1.33 bits per heavy atom. The van der Waals surface area contributed by atoms with Crippen LogP contribution in [0.4, 0.5) is 10.5 Å². The number of aliphatic carboxylic acids is 1. The lowest BCUT2D eigenvalue weighted by molar-refractivity contribution is -0.162. The molecule has 2 amide bonds. The highest BCUT2D eigenvalue weighted by Gasteiger charge is 2.49. The highest BCUT2D eigenvalue weighted by molar-refractivity contribution is 5.90. The first-order valence-electron chi connectivity index (χ1n) is 8.37. The van der Waals surface area contributed by atoms with Crippen LogP contribution >= 0.6 is 0 Å². The monoisotopic (exact) mass is 334 g/mol. The van der Waals surface area contributed by atoms with E-state index in [1.807, 2.05) is 32.0 Å². The number of hydrogen-bond donors (Lipinski definition) is 3. The second-order valence-corrected chi connectivity index (χ2v) is 6.92. The van der Waals surface area contributed by atoms with E-state index < -0.39 is 17.5 Å². The van der Waals surface area contributed by atoms with Gasteiger partial charge in [-0.05, 0) is 37.3 Å². The molecule has 24 heavy (non-hydrogen) atoms. The van der Waals surface area contributed by atoms with Crippen molar-refractivity contribution in [3.63, 3.8) is 0 Å². The summed E-state index contributed by atoms with van der Waals surface area (Å²) in [5.74, 6) is -0.699. The molecule has 0 radical (unpaired) electrons. The highest BCUT2D eigenvalue weighted by Crippen LogP contribution is 2.36. The van der Waals surface area contributed by atoms with E-state index in [0.717, 1.165) is 0 Å². The molecule has 2 atom stereocenters. The number of amides is 2. The van der Waals surface area contributed by atoms with Gasteiger partial charge in [0.1, 0.15) is 5.41 Å². The summed E-state index contributed by atoms with van der Waals surface area (Å²) in [6, 6.07) is 8.72. The summed E-state index contributed by atoms with van der Waals surface area (Å²) < 4.78 is 0. The van der Waals surface area contributed by atoms with Gasteiger partial charge in [-0.3, -0.25) is 4.79 Å². The first-order valence-corrected chi connectivity index (χ1v) is 8.37. The fraction of sp³-hybridized carbons (Fsp3) is 0.556. The SMILES string of the molecule is CC(C)CC[C@@]1(C(=O)O)CN(C(=O)Nc2ccccc2)CC[C@@H]1O. The molecule has 1 aromatic carbocycles. The number of urea groups is 1. The maximum Gasteiger partial charge on any atom is 0.321 e. The van der Waals surface area contributed by atoms with Crippen molar-refractivity contribution in [1.82, 2.24) is 4.90 Å². The van der Waals surface area contributed by atoms with E-state index in [1.54, 1.807) is 12.1 Å². The van der Waals surface area contributed by atoms with E-state index in [-0.39, 0.29) is 19.0 Å². The number of rotatable bonds is 5. The molecule has 6 heteroatoms. The molecule has 1 aliphatic rings. The Morgan fingerprint density at radius 3 is 2.58 bits per heavy atom. The lowest BCUT2D eigenvalue weighted by Gasteiger charge is -2.43. The van der Waals surface area contributed by atoms with Crippen LogP contribution in [0.5, 0.6) is 0 Å². The van der Waals surface area contributed by atoms with Crippen LogP contribution in [0, 0.1) is 11.3 Å². The molecule has 2 rings (SSSR count). The molecule has 1 aliphatic heterocycles. The fourth-order valence-electron chi connectivity index (χ4n) is 3.09. The van der Waals surface area contributed by atoms with E-state index in [4.69, 9.17) is 0 Å². The summed E-state index contributed by atoms with van der Waals surface area (Å²) in [5, 5.41) is 22.9. The number of carboxylic acid groups (broad SMARTS) is 1. The number of nitrogens with one attached hydrogen (secondary N) is 1. The van der Waals surface area contributed by atoms with Gasteiger partial charge in [-0.25, -0.2) is 4.79 Å². The van der Waals surface area contributed by atoms with Gasteiger partial charge in [0.15, 0.2) is 0 Å². The molecule has 3 N–H and O–H groups in total. The van der Waals surface area contributed by atoms with Crippen molar-refractivity contribution < 1.29 is 19.8 Å². The topological polar surface area (TPSA) is 89.9 Å². The number of aliphatic hydroxyl groups is 1. The molecule has 1 heterocycles. The van der Waals surface area contributed by atoms with Crippen LogP contribution in [0.2, 0.25) is 0 Å². The predicted octanol–water partition coefficient (Wildman–Crippen LogP) is 2.79. The Balaban J connectivity index is 2.12. The third kappa shape index (κ3) is 4.06. The van der Waals surface area contributed by atoms with Gasteiger partial charge in [-0.1, -0.05) is 32.0 Å². The molecule has 0 aromatic heterocycles. The zero-order chi connectivity index (χ0) is 17.7. The average Bonchev–Trinajstić information content (AvgIpc) is 2.54. The Morgan fingerprint density at radius 2 is 2.00 bits per heavy atom. The smallest absolute Gasteiger partial charge is 0.321 e. The van der Waals surface area contributed by atoms with Gasteiger partial charge >= 0.3 is 12.0 Å². The average molecular weight is 334 g/mol. The minimum Gasteiger partial charge on any atom is -0.481 e. The Hall–Kier alpha value is -2.08. The Kier molecular flexibility index (Phi) is 5.83. The second-order valence-electron chi connectivity index (χ2n) is 6.92. The van der Waals surface area contributed by atoms with Crippen LogP contribution in [0.15, 0.2) is 30.3 Å². The molecule has 0 saturated carbocycles. The molecule has 0 bridgehead atoms. The lowest BCUT2D eigenvalue weighted by atomic mass is 9.73. The minimum atomic E-state index is -1.30. The zero-order valence-electron chi connectivity index (χ0n) is 14.2. The number of carboxylic acids is 1. The Labute approximate surface area is 142 Å². The maximum absolute atomic E-state index is 12.5. The van der Waals surface area contributed by atoms with Crippen molar-refractivity contribution in [3.05, 3.63) is 30.3 Å². The van der Waals surface area contributed by atoms with Gasteiger partial charge in [0.25, 0.3) is 0 Å². The normalized spacial score (nSPS) is 24.0. The molecular weight excluding hydrogens is 308 g/mol. The second kappa shape index (κ2) is 7.66. The third-order valence-electron chi connectivity index (χ3n) is 4.69. The molecule has 0 spiro atoms. The molecule has 132 valence electrons. The van der Waals surface area contributed by atoms with Crippen LogP contribution in [0.25, 0.3) is 0 Å². The van der Waals surface area contributed by atoms with Gasteiger partial charge in [-0.2, -0.15) is 0 Å². The largest absolute Gasteiger partial charge is 0.481 e. The van der Waals surface area contributed by atoms with Gasteiger partial charge in [0.2, 0.25) is 0 Å². The molecule has 1 fully saturated rings. The number of likely N-dealkylation sites (tertiary alicyclic amines) is 1. The number of carbonyl (C=O) groups is 2. The number of aliphatic hydroxyl groups excluding tert-OH is 1. The number of para-hydroxylation sites is 1. The van der Waals surface area contributed by atoms with Crippen LogP contribution in [-0.2, 0) is 4.79 Å². The number of benzene rings is 1. The van der Waals surface area contributed by atoms with Crippen molar-refractivity contribution in [1.29, 1.82) is 0 Å². The molecule has 6 nitrogen and oxygen atoms in total. The Bertz CT molecular complexity index is 576. The molecule has 0 aliphatic carbocycles. The summed E-state index contributed by atoms with van der Waals surface area (Å²) in [7, 11) is 0. The first-order chi connectivity index (χ1) is 11.3. The van der Waals surface area contributed by atoms with Gasteiger partial charge in [0.05, 0.1) is 6.10 Å². The summed E-state index contributed by atoms with van der Waals surface area (Å²) in [4.78, 5) is 25.9. The van der Waals surface area contributed by atoms with Crippen molar-refractivity contribution in [2.45, 2.75) is 39.2 Å². The van der Waals surface area contributed by atoms with E-state index in [9.17, 15) is 19.8 Å². The summed E-state index contributed by atoms with van der Waals surface area (Å²) in [6.07, 6.45) is 0.384. The fourth-order valence-corrected chi connectivity index (χ4v) is 3.09. The zero-order valence-corrected chi connectivity index (χ0v) is 14.2. The molecule has 0 unspecified atom stereocenters. The first kappa shape index (κ1) is 18.3. The predicted molar refractivity (Wildman–Crippen MR) is 91.8 cm³/mol. The standard InChI is InChI=1S/C18H26N2O4/c1-13(2)8-10-18(16(22)23)12-20(11-9-15(18)21)17(24)19-14-6-4-3-5-7-14/h3-7,13,15,21H,8-12H2,1-2H3,(H,19,24)(H,22,23)/t15-,18+/m0/s1. The van der Waals surface area contributed by atoms with Crippen molar-refractivity contribution >= 4 is 17.7 Å². The van der Waals surface area contributed by atoms with Gasteiger partial charge < -0.3 is 20.4 Å². The van der Waals surface area contributed by atoms with Crippen LogP contribution < -0.4 is 5.32 Å². The summed E-state index contributed by atoms with van der Waals surface area (Å²) in [5.41, 5.74) is -0.631. The number of piperidine rings is 1. The summed E-state index contributed by atoms with van der Waals surface area (Å²) in [6.45, 7) is 4.40. The number of nitrogens with zero attached hydrogens (tertiary/aromatic N) is 1. The highest BCUT2D eigenvalue weighted by atomic mass is 16.4. The quantitative estimate of drug-likeness (QED) is 0.772. The van der Waals surface area contributed by atoms with Crippen LogP contribution in [0.1, 0.15) is 33.1 Å². The van der Waals surface area contributed by atoms with Crippen LogP contribution in [0.3, 0.4) is 0 Å². The summed E-state index contributed by atoms with van der Waals surface area (Å²) >= 11 is 0. The molecular formula is C18H26N2O4. The third-order valence-corrected chi connectivity index (χ3v) is 4.69. The van der Waals surface area contributed by atoms with E-state index in [1.165, 1.54) is 4.90 Å². The van der Waals surface area contributed by atoms with Gasteiger partial charge in [-0.15, -0.1) is 0 Å². The molecule has 1 saturated heterocycles. The minimum absolute atomic E-state index is 0.0227. The van der Waals surface area contributed by atoms with Crippen LogP contribution in [-0.4, -0.2) is 46.3 Å². The van der Waals surface area contributed by atoms with Crippen molar-refractivity contribution in [3.8, 4) is 0 Å². The number of anilines is 1. The van der Waals surface area contributed by atoms with Crippen molar-refractivity contribution in [2.75, 3.05) is 18.4 Å². The maximum atomic E-state index is 12.5.